The van der Waals surface area contributed by atoms with Crippen LogP contribution in [0.4, 0.5) is 17.1 Å². The van der Waals surface area contributed by atoms with Crippen molar-refractivity contribution in [3.05, 3.63) is 103 Å². The van der Waals surface area contributed by atoms with E-state index in [-0.39, 0.29) is 6.98 Å². The number of aryl methyl sites for hydroxylation is 1. The Kier molecular flexibility index (Phi) is 4.45. The first-order valence-corrected chi connectivity index (χ1v) is 12.0. The number of anilines is 3. The number of hydrogen-bond donors (Lipinski definition) is 4. The molecule has 5 aromatic carbocycles. The Morgan fingerprint density at radius 2 is 1.17 bits per heavy atom. The lowest BCUT2D eigenvalue weighted by atomic mass is 9.62. The predicted octanol–water partition coefficient (Wildman–Crippen LogP) is 4.83. The number of benzene rings is 5. The van der Waals surface area contributed by atoms with Gasteiger partial charge in [0.05, 0.1) is 0 Å². The van der Waals surface area contributed by atoms with E-state index >= 15 is 0 Å². The number of hydrogen-bond acceptors (Lipinski definition) is 4. The van der Waals surface area contributed by atoms with Crippen molar-refractivity contribution in [2.24, 2.45) is 0 Å². The average molecular weight is 451 g/mol. The zero-order chi connectivity index (χ0) is 23.5. The second-order valence-corrected chi connectivity index (χ2v) is 9.39. The molecule has 0 unspecified atom stereocenters. The third-order valence-corrected chi connectivity index (χ3v) is 7.18. The molecule has 35 heavy (non-hydrogen) atoms. The van der Waals surface area contributed by atoms with Gasteiger partial charge in [-0.3, -0.25) is 0 Å². The van der Waals surface area contributed by atoms with E-state index in [9.17, 15) is 5.02 Å². The summed E-state index contributed by atoms with van der Waals surface area (Å²) in [5, 5.41) is 24.2. The van der Waals surface area contributed by atoms with Gasteiger partial charge in [-0.2, -0.15) is 0 Å². The monoisotopic (exact) mass is 451 g/mol. The lowest BCUT2D eigenvalue weighted by Gasteiger charge is -2.30. The van der Waals surface area contributed by atoms with E-state index in [0.717, 1.165) is 50.2 Å². The standard InChI is InChI=1S/C29H23B2N3O/c1-18-16-22(29-23(17-18)21-11-3-5-13-25(21)31(35)34-29)20-10-2-4-12-24(20)30-32-26-14-6-8-19-9-7-15-27(33-30)28(19)26/h2-17,32-35H,1H3. The van der Waals surface area contributed by atoms with Crippen LogP contribution >= 0.6 is 0 Å². The maximum Gasteiger partial charge on any atom is 0.447 e. The molecule has 0 spiro atoms. The summed E-state index contributed by atoms with van der Waals surface area (Å²) in [6.07, 6.45) is 0. The summed E-state index contributed by atoms with van der Waals surface area (Å²) in [6.45, 7) is 2.04. The zero-order valence-electron chi connectivity index (χ0n) is 19.3. The third kappa shape index (κ3) is 3.14. The summed E-state index contributed by atoms with van der Waals surface area (Å²) < 4.78 is 0. The van der Waals surface area contributed by atoms with Gasteiger partial charge < -0.3 is 20.7 Å². The highest BCUT2D eigenvalue weighted by atomic mass is 16.2. The van der Waals surface area contributed by atoms with Crippen LogP contribution in [0.5, 0.6) is 0 Å². The van der Waals surface area contributed by atoms with E-state index in [0.29, 0.717) is 0 Å². The Morgan fingerprint density at radius 1 is 0.600 bits per heavy atom. The first-order valence-electron chi connectivity index (χ1n) is 12.0. The van der Waals surface area contributed by atoms with Crippen molar-refractivity contribution >= 4 is 52.8 Å². The Bertz CT molecular complexity index is 1590. The Labute approximate surface area is 205 Å². The van der Waals surface area contributed by atoms with Crippen molar-refractivity contribution in [1.82, 2.24) is 0 Å². The molecule has 0 radical (unpaired) electrons. The fourth-order valence-corrected chi connectivity index (χ4v) is 5.64. The SMILES string of the molecule is Cc1cc2c(c(-c3ccccc3B3Nc4cccc5cccc(c45)N3)c1)NB(O)c1ccccc1-2. The first kappa shape index (κ1) is 20.2. The van der Waals surface area contributed by atoms with Crippen LogP contribution in [0.1, 0.15) is 5.56 Å². The molecule has 5 aromatic rings. The van der Waals surface area contributed by atoms with Gasteiger partial charge in [0.2, 0.25) is 0 Å². The van der Waals surface area contributed by atoms with Crippen LogP contribution in [0.15, 0.2) is 97.1 Å². The summed E-state index contributed by atoms with van der Waals surface area (Å²) in [6, 6.07) is 33.8. The molecule has 0 saturated heterocycles. The van der Waals surface area contributed by atoms with E-state index in [4.69, 9.17) is 0 Å². The second kappa shape index (κ2) is 7.69. The van der Waals surface area contributed by atoms with Crippen molar-refractivity contribution in [1.29, 1.82) is 0 Å². The summed E-state index contributed by atoms with van der Waals surface area (Å²) in [7, 11) is -0.747. The fraction of sp³-hybridized carbons (Fsp3) is 0.0345. The van der Waals surface area contributed by atoms with Crippen molar-refractivity contribution in [2.75, 3.05) is 15.7 Å². The van der Waals surface area contributed by atoms with Gasteiger partial charge in [-0.25, -0.2) is 0 Å². The largest absolute Gasteiger partial charge is 0.447 e. The van der Waals surface area contributed by atoms with Crippen LogP contribution < -0.4 is 26.6 Å². The third-order valence-electron chi connectivity index (χ3n) is 7.18. The molecular weight excluding hydrogens is 428 g/mol. The van der Waals surface area contributed by atoms with Gasteiger partial charge in [0.15, 0.2) is 0 Å². The van der Waals surface area contributed by atoms with Crippen molar-refractivity contribution < 1.29 is 5.02 Å². The van der Waals surface area contributed by atoms with E-state index < -0.39 is 7.05 Å². The minimum Gasteiger partial charge on any atom is -0.429 e. The van der Waals surface area contributed by atoms with Crippen molar-refractivity contribution in [3.8, 4) is 22.3 Å². The maximum atomic E-state index is 10.9. The summed E-state index contributed by atoms with van der Waals surface area (Å²) in [5.41, 5.74) is 10.9. The molecule has 0 aliphatic carbocycles. The van der Waals surface area contributed by atoms with Crippen LogP contribution in [0, 0.1) is 6.92 Å². The highest BCUT2D eigenvalue weighted by Gasteiger charge is 2.32. The van der Waals surface area contributed by atoms with E-state index in [1.165, 1.54) is 16.3 Å². The molecule has 4 nitrogen and oxygen atoms in total. The van der Waals surface area contributed by atoms with Gasteiger partial charge in [-0.1, -0.05) is 72.8 Å². The lowest BCUT2D eigenvalue weighted by molar-refractivity contribution is 0.593. The molecule has 2 aliphatic rings. The van der Waals surface area contributed by atoms with Gasteiger partial charge in [-0.05, 0) is 64.2 Å². The highest BCUT2D eigenvalue weighted by molar-refractivity contribution is 6.81. The first-order chi connectivity index (χ1) is 17.2. The molecule has 0 saturated carbocycles. The van der Waals surface area contributed by atoms with E-state index in [1.54, 1.807) is 0 Å². The number of rotatable bonds is 2. The highest BCUT2D eigenvalue weighted by Crippen LogP contribution is 2.40. The van der Waals surface area contributed by atoms with Crippen LogP contribution in [0.3, 0.4) is 0 Å². The van der Waals surface area contributed by atoms with Gasteiger partial charge in [-0.15, -0.1) is 0 Å². The number of fused-ring (bicyclic) bond motifs is 3. The van der Waals surface area contributed by atoms with Crippen LogP contribution in [-0.2, 0) is 0 Å². The van der Waals surface area contributed by atoms with Crippen molar-refractivity contribution in [2.45, 2.75) is 6.92 Å². The zero-order valence-corrected chi connectivity index (χ0v) is 19.3. The van der Waals surface area contributed by atoms with Crippen molar-refractivity contribution in [3.63, 3.8) is 0 Å². The smallest absolute Gasteiger partial charge is 0.429 e. The van der Waals surface area contributed by atoms with Gasteiger partial charge >= 0.3 is 14.0 Å². The summed E-state index contributed by atoms with van der Waals surface area (Å²) in [5.74, 6) is 0. The molecule has 0 amide bonds. The van der Waals surface area contributed by atoms with Crippen LogP contribution in [0.2, 0.25) is 0 Å². The molecule has 6 heteroatoms. The van der Waals surface area contributed by atoms with E-state index in [2.05, 4.69) is 101 Å². The Morgan fingerprint density at radius 3 is 1.83 bits per heavy atom. The molecule has 166 valence electrons. The molecule has 0 fully saturated rings. The molecule has 2 aliphatic heterocycles. The quantitative estimate of drug-likeness (QED) is 0.291. The van der Waals surface area contributed by atoms with E-state index in [1.807, 2.05) is 18.2 Å². The second-order valence-electron chi connectivity index (χ2n) is 9.39. The average Bonchev–Trinajstić information content (AvgIpc) is 2.89. The Balaban J connectivity index is 1.39. The van der Waals surface area contributed by atoms with Gasteiger partial charge in [0.25, 0.3) is 0 Å². The van der Waals surface area contributed by atoms with Gasteiger partial charge in [0.1, 0.15) is 0 Å². The van der Waals surface area contributed by atoms with Gasteiger partial charge in [0, 0.05) is 33.6 Å². The maximum absolute atomic E-state index is 10.9. The topological polar surface area (TPSA) is 56.3 Å². The molecule has 0 bridgehead atoms. The Hall–Kier alpha value is -4.15. The molecule has 7 rings (SSSR count). The number of nitrogens with one attached hydrogen (secondary N) is 3. The molecule has 2 heterocycles. The van der Waals surface area contributed by atoms with Crippen LogP contribution in [0.25, 0.3) is 33.0 Å². The predicted molar refractivity (Wildman–Crippen MR) is 150 cm³/mol. The normalized spacial score (nSPS) is 13.4. The fourth-order valence-electron chi connectivity index (χ4n) is 5.64. The van der Waals surface area contributed by atoms with Crippen LogP contribution in [-0.4, -0.2) is 19.1 Å². The minimum absolute atomic E-state index is 0.0938. The lowest BCUT2D eigenvalue weighted by Crippen LogP contribution is -2.48. The summed E-state index contributed by atoms with van der Waals surface area (Å²) >= 11 is 0. The molecule has 0 atom stereocenters. The minimum atomic E-state index is -0.747. The molecule has 4 N–H and O–H groups in total. The molecular formula is C29H23B2N3O. The molecule has 0 aromatic heterocycles. The summed E-state index contributed by atoms with van der Waals surface area (Å²) in [4.78, 5) is 0.